The summed E-state index contributed by atoms with van der Waals surface area (Å²) >= 11 is 5.20. The predicted molar refractivity (Wildman–Crippen MR) is 112 cm³/mol. The lowest BCUT2D eigenvalue weighted by atomic mass is 9.93. The summed E-state index contributed by atoms with van der Waals surface area (Å²) in [4.78, 5) is 14.4. The monoisotopic (exact) mass is 427 g/mol. The Hall–Kier alpha value is -1.74. The molecular weight excluding hydrogens is 401 g/mol. The number of carbonyl (C=O) groups is 1. The second-order valence-electron chi connectivity index (χ2n) is 7.37. The summed E-state index contributed by atoms with van der Waals surface area (Å²) in [5, 5.41) is 3.10. The van der Waals surface area contributed by atoms with E-state index in [1.165, 1.54) is 11.0 Å². The number of hydrogen-bond donors (Lipinski definition) is 2. The SMILES string of the molecule is CCCC(=S)NC[C@H]1CN(c2ccc(C3CCS(=N)(=O)CC3)c(F)c2)C(=O)O1. The van der Waals surface area contributed by atoms with E-state index in [0.29, 0.717) is 48.7 Å². The largest absolute Gasteiger partial charge is 0.442 e. The van der Waals surface area contributed by atoms with E-state index in [1.54, 1.807) is 12.1 Å². The van der Waals surface area contributed by atoms with Crippen molar-refractivity contribution in [3.8, 4) is 0 Å². The molecular formula is C19H26FN3O3S2. The van der Waals surface area contributed by atoms with Crippen molar-refractivity contribution in [2.24, 2.45) is 0 Å². The van der Waals surface area contributed by atoms with Crippen LogP contribution >= 0.6 is 12.2 Å². The molecule has 28 heavy (non-hydrogen) atoms. The summed E-state index contributed by atoms with van der Waals surface area (Å²) in [6, 6.07) is 4.78. The Morgan fingerprint density at radius 1 is 1.43 bits per heavy atom. The van der Waals surface area contributed by atoms with Crippen molar-refractivity contribution in [3.63, 3.8) is 0 Å². The van der Waals surface area contributed by atoms with E-state index in [2.05, 4.69) is 5.32 Å². The Labute approximate surface area is 170 Å². The molecule has 0 radical (unpaired) electrons. The molecule has 0 saturated carbocycles. The third-order valence-corrected chi connectivity index (χ3v) is 7.34. The van der Waals surface area contributed by atoms with Crippen LogP contribution in [0.15, 0.2) is 18.2 Å². The van der Waals surface area contributed by atoms with Crippen LogP contribution in [0.4, 0.5) is 14.9 Å². The molecule has 0 aliphatic carbocycles. The molecule has 2 aliphatic rings. The van der Waals surface area contributed by atoms with Crippen LogP contribution in [-0.2, 0) is 14.5 Å². The molecule has 2 N–H and O–H groups in total. The van der Waals surface area contributed by atoms with Crippen molar-refractivity contribution in [1.82, 2.24) is 5.32 Å². The molecule has 3 rings (SSSR count). The van der Waals surface area contributed by atoms with Crippen molar-refractivity contribution < 1.29 is 18.1 Å². The van der Waals surface area contributed by atoms with Crippen LogP contribution < -0.4 is 10.2 Å². The van der Waals surface area contributed by atoms with E-state index < -0.39 is 15.8 Å². The van der Waals surface area contributed by atoms with Gasteiger partial charge in [0.25, 0.3) is 0 Å². The molecule has 0 aromatic heterocycles. The Morgan fingerprint density at radius 3 is 2.79 bits per heavy atom. The summed E-state index contributed by atoms with van der Waals surface area (Å²) in [6.07, 6.45) is 2.02. The van der Waals surface area contributed by atoms with Gasteiger partial charge in [0.15, 0.2) is 0 Å². The van der Waals surface area contributed by atoms with Crippen LogP contribution in [0.1, 0.15) is 44.1 Å². The smallest absolute Gasteiger partial charge is 0.414 e. The van der Waals surface area contributed by atoms with Crippen molar-refractivity contribution in [1.29, 1.82) is 4.78 Å². The van der Waals surface area contributed by atoms with Gasteiger partial charge in [-0.2, -0.15) is 0 Å². The number of hydrogen-bond acceptors (Lipinski definition) is 5. The van der Waals surface area contributed by atoms with Crippen molar-refractivity contribution >= 4 is 38.7 Å². The highest BCUT2D eigenvalue weighted by Crippen LogP contribution is 2.33. The average Bonchev–Trinajstić information content (AvgIpc) is 3.01. The van der Waals surface area contributed by atoms with Crippen molar-refractivity contribution in [3.05, 3.63) is 29.6 Å². The van der Waals surface area contributed by atoms with Crippen LogP contribution in [-0.4, -0.2) is 46.0 Å². The third kappa shape index (κ3) is 5.00. The van der Waals surface area contributed by atoms with Gasteiger partial charge in [0.1, 0.15) is 11.9 Å². The first-order valence-electron chi connectivity index (χ1n) is 9.57. The fourth-order valence-corrected chi connectivity index (χ4v) is 5.44. The lowest BCUT2D eigenvalue weighted by Crippen LogP contribution is -2.33. The van der Waals surface area contributed by atoms with E-state index in [1.807, 2.05) is 6.92 Å². The molecule has 2 heterocycles. The maximum Gasteiger partial charge on any atom is 0.414 e. The minimum Gasteiger partial charge on any atom is -0.442 e. The molecule has 1 aromatic carbocycles. The van der Waals surface area contributed by atoms with E-state index in [0.717, 1.165) is 17.8 Å². The summed E-state index contributed by atoms with van der Waals surface area (Å²) in [5.41, 5.74) is 1.03. The molecule has 0 spiro atoms. The van der Waals surface area contributed by atoms with Gasteiger partial charge in [-0.05, 0) is 49.3 Å². The van der Waals surface area contributed by atoms with Crippen LogP contribution in [0.3, 0.4) is 0 Å². The van der Waals surface area contributed by atoms with Crippen LogP contribution in [0.2, 0.25) is 0 Å². The van der Waals surface area contributed by atoms with E-state index in [9.17, 15) is 13.4 Å². The van der Waals surface area contributed by atoms with Gasteiger partial charge in [0, 0.05) is 21.2 Å². The number of nitrogens with zero attached hydrogens (tertiary/aromatic N) is 1. The predicted octanol–water partition coefficient (Wildman–Crippen LogP) is 3.79. The lowest BCUT2D eigenvalue weighted by Gasteiger charge is -2.25. The molecule has 154 valence electrons. The molecule has 0 bridgehead atoms. The Bertz CT molecular complexity index is 846. The molecule has 2 saturated heterocycles. The van der Waals surface area contributed by atoms with Crippen LogP contribution in [0, 0.1) is 10.6 Å². The number of cyclic esters (lactones) is 1. The fourth-order valence-electron chi connectivity index (χ4n) is 3.62. The molecule has 1 aromatic rings. The summed E-state index contributed by atoms with van der Waals surface area (Å²) in [7, 11) is -2.49. The van der Waals surface area contributed by atoms with Crippen LogP contribution in [0.5, 0.6) is 0 Å². The van der Waals surface area contributed by atoms with Gasteiger partial charge in [0.05, 0.1) is 23.8 Å². The van der Waals surface area contributed by atoms with E-state index >= 15 is 0 Å². The minimum atomic E-state index is -2.49. The molecule has 2 fully saturated rings. The zero-order valence-electron chi connectivity index (χ0n) is 15.9. The van der Waals surface area contributed by atoms with Gasteiger partial charge in [-0.1, -0.05) is 25.2 Å². The molecule has 0 unspecified atom stereocenters. The van der Waals surface area contributed by atoms with Gasteiger partial charge in [-0.25, -0.2) is 13.4 Å². The zero-order valence-corrected chi connectivity index (χ0v) is 17.5. The number of thiocarbonyl (C=S) groups is 1. The number of benzene rings is 1. The van der Waals surface area contributed by atoms with Gasteiger partial charge in [0.2, 0.25) is 0 Å². The number of amides is 1. The second-order valence-corrected chi connectivity index (χ2v) is 10.3. The average molecular weight is 428 g/mol. The Kier molecular flexibility index (Phi) is 6.54. The standard InChI is InChI=1S/C19H26FN3O3S2/c1-2-3-18(27)22-11-15-12-23(19(24)26-15)14-4-5-16(17(20)10-14)13-6-8-28(21,25)9-7-13/h4-5,10,13,15,21H,2-3,6-9,11-12H2,1H3,(H,22,27)/t13?,15-,28?/m0/s1. The highest BCUT2D eigenvalue weighted by Gasteiger charge is 2.33. The van der Waals surface area contributed by atoms with Crippen molar-refractivity contribution in [2.75, 3.05) is 29.5 Å². The quantitative estimate of drug-likeness (QED) is 0.675. The number of ether oxygens (including phenoxy) is 1. The molecule has 1 atom stereocenters. The molecule has 9 heteroatoms. The third-order valence-electron chi connectivity index (χ3n) is 5.21. The lowest BCUT2D eigenvalue weighted by molar-refractivity contribution is 0.143. The zero-order chi connectivity index (χ0) is 20.3. The molecule has 2 aliphatic heterocycles. The minimum absolute atomic E-state index is 0.0315. The maximum atomic E-state index is 14.7. The highest BCUT2D eigenvalue weighted by atomic mass is 32.2. The van der Waals surface area contributed by atoms with Crippen molar-refractivity contribution in [2.45, 2.75) is 44.6 Å². The maximum absolute atomic E-state index is 14.7. The fraction of sp³-hybridized carbons (Fsp3) is 0.579. The van der Waals surface area contributed by atoms with E-state index in [4.69, 9.17) is 21.7 Å². The Morgan fingerprint density at radius 2 is 2.14 bits per heavy atom. The number of anilines is 1. The summed E-state index contributed by atoms with van der Waals surface area (Å²) in [6.45, 7) is 2.82. The second kappa shape index (κ2) is 8.73. The van der Waals surface area contributed by atoms with Gasteiger partial charge >= 0.3 is 6.09 Å². The first-order valence-corrected chi connectivity index (χ1v) is 11.9. The molecule has 6 nitrogen and oxygen atoms in total. The van der Waals surface area contributed by atoms with Crippen LogP contribution in [0.25, 0.3) is 0 Å². The number of carbonyl (C=O) groups excluding carboxylic acids is 1. The first kappa shape index (κ1) is 21.0. The topological polar surface area (TPSA) is 82.5 Å². The number of halogens is 1. The highest BCUT2D eigenvalue weighted by molar-refractivity contribution is 7.92. The number of nitrogens with one attached hydrogen (secondary N) is 2. The van der Waals surface area contributed by atoms with Gasteiger partial charge in [-0.3, -0.25) is 9.68 Å². The van der Waals surface area contributed by atoms with E-state index in [-0.39, 0.29) is 17.8 Å². The first-order chi connectivity index (χ1) is 13.3. The summed E-state index contributed by atoms with van der Waals surface area (Å²) < 4.78 is 39.5. The number of rotatable bonds is 6. The summed E-state index contributed by atoms with van der Waals surface area (Å²) in [5.74, 6) is 0.216. The Balaban J connectivity index is 1.63. The van der Waals surface area contributed by atoms with Gasteiger partial charge < -0.3 is 10.1 Å². The van der Waals surface area contributed by atoms with Gasteiger partial charge in [-0.15, -0.1) is 0 Å². The molecule has 1 amide bonds. The normalized spacial score (nSPS) is 27.5.